The van der Waals surface area contributed by atoms with Crippen LogP contribution >= 0.6 is 11.6 Å². The van der Waals surface area contributed by atoms with Crippen molar-refractivity contribution in [3.8, 4) is 0 Å². The quantitative estimate of drug-likeness (QED) is 0.806. The summed E-state index contributed by atoms with van der Waals surface area (Å²) in [4.78, 5) is 2.47. The van der Waals surface area contributed by atoms with E-state index in [1.54, 1.807) is 0 Å². The molecule has 2 aliphatic rings. The molecule has 86 valence electrons. The molecule has 1 aromatic rings. The number of benzene rings is 1. The van der Waals surface area contributed by atoms with E-state index in [-0.39, 0.29) is 0 Å². The van der Waals surface area contributed by atoms with Gasteiger partial charge in [-0.2, -0.15) is 0 Å². The molecule has 1 spiro atoms. The Morgan fingerprint density at radius 2 is 2.38 bits per heavy atom. The Bertz CT molecular complexity index is 410. The highest BCUT2D eigenvalue weighted by atomic mass is 35.5. The number of hydrogen-bond acceptors (Lipinski definition) is 2. The van der Waals surface area contributed by atoms with Crippen molar-refractivity contribution in [2.24, 2.45) is 0 Å². The molecule has 3 rings (SSSR count). The maximum atomic E-state index is 6.14. The largest absolute Gasteiger partial charge is 0.371 e. The molecule has 0 unspecified atom stereocenters. The molecular weight excluding hydrogens is 220 g/mol. The lowest BCUT2D eigenvalue weighted by Gasteiger charge is -2.24. The summed E-state index contributed by atoms with van der Waals surface area (Å²) in [5.74, 6) is 0. The molecule has 0 saturated carbocycles. The van der Waals surface area contributed by atoms with Crippen LogP contribution in [0.25, 0.3) is 0 Å². The van der Waals surface area contributed by atoms with E-state index in [0.29, 0.717) is 5.41 Å². The molecule has 1 aromatic carbocycles. The minimum absolute atomic E-state index is 0.316. The summed E-state index contributed by atoms with van der Waals surface area (Å²) in [6.07, 6.45) is 1.23. The van der Waals surface area contributed by atoms with Gasteiger partial charge < -0.3 is 10.2 Å². The summed E-state index contributed by atoms with van der Waals surface area (Å²) in [5, 5.41) is 4.35. The van der Waals surface area contributed by atoms with E-state index < -0.39 is 0 Å². The molecule has 0 aliphatic carbocycles. The third-order valence-corrected chi connectivity index (χ3v) is 4.22. The van der Waals surface area contributed by atoms with Gasteiger partial charge in [-0.25, -0.2) is 0 Å². The standard InChI is InChI=1S/C13H17ClN2/c1-2-16-9-13(5-6-15-8-13)11-7-10(14)3-4-12(11)16/h3-4,7,15H,2,5-6,8-9H2,1H3/t13-/m0/s1. The maximum absolute atomic E-state index is 6.14. The average molecular weight is 237 g/mol. The SMILES string of the molecule is CCN1C[C@@]2(CCNC2)c2cc(Cl)ccc21. The van der Waals surface area contributed by atoms with E-state index in [4.69, 9.17) is 11.6 Å². The Hall–Kier alpha value is -0.730. The highest BCUT2D eigenvalue weighted by Gasteiger charge is 2.44. The van der Waals surface area contributed by atoms with Crippen molar-refractivity contribution >= 4 is 17.3 Å². The summed E-state index contributed by atoms with van der Waals surface area (Å²) in [6.45, 7) is 6.67. The first-order valence-corrected chi connectivity index (χ1v) is 6.39. The topological polar surface area (TPSA) is 15.3 Å². The maximum Gasteiger partial charge on any atom is 0.0410 e. The highest BCUT2D eigenvalue weighted by molar-refractivity contribution is 6.30. The third-order valence-electron chi connectivity index (χ3n) is 3.99. The van der Waals surface area contributed by atoms with Crippen LogP contribution in [0.15, 0.2) is 18.2 Å². The van der Waals surface area contributed by atoms with Gasteiger partial charge in [0.25, 0.3) is 0 Å². The molecule has 1 N–H and O–H groups in total. The van der Waals surface area contributed by atoms with Crippen LogP contribution in [0.5, 0.6) is 0 Å². The van der Waals surface area contributed by atoms with Gasteiger partial charge in [0.05, 0.1) is 0 Å². The van der Waals surface area contributed by atoms with E-state index in [1.165, 1.54) is 17.7 Å². The molecule has 2 aliphatic heterocycles. The zero-order valence-corrected chi connectivity index (χ0v) is 10.3. The van der Waals surface area contributed by atoms with E-state index in [2.05, 4.69) is 29.3 Å². The second-order valence-electron chi connectivity index (χ2n) is 4.88. The number of likely N-dealkylation sites (N-methyl/N-ethyl adjacent to an activating group) is 1. The zero-order valence-electron chi connectivity index (χ0n) is 9.59. The number of nitrogens with one attached hydrogen (secondary N) is 1. The molecule has 1 saturated heterocycles. The number of nitrogens with zero attached hydrogens (tertiary/aromatic N) is 1. The molecule has 2 nitrogen and oxygen atoms in total. The fourth-order valence-electron chi connectivity index (χ4n) is 3.14. The van der Waals surface area contributed by atoms with Crippen LogP contribution in [-0.2, 0) is 5.41 Å². The number of halogens is 1. The first-order chi connectivity index (χ1) is 7.75. The number of fused-ring (bicyclic) bond motifs is 2. The Morgan fingerprint density at radius 1 is 1.50 bits per heavy atom. The van der Waals surface area contributed by atoms with Crippen molar-refractivity contribution in [2.75, 3.05) is 31.1 Å². The van der Waals surface area contributed by atoms with Gasteiger partial charge in [-0.15, -0.1) is 0 Å². The van der Waals surface area contributed by atoms with Gasteiger partial charge in [0.15, 0.2) is 0 Å². The van der Waals surface area contributed by atoms with Crippen LogP contribution in [0.2, 0.25) is 5.02 Å². The lowest BCUT2D eigenvalue weighted by molar-refractivity contribution is 0.498. The molecule has 1 atom stereocenters. The summed E-state index contributed by atoms with van der Waals surface area (Å²) in [7, 11) is 0. The van der Waals surface area contributed by atoms with Crippen molar-refractivity contribution in [1.82, 2.24) is 5.32 Å². The average Bonchev–Trinajstić information content (AvgIpc) is 2.86. The second-order valence-corrected chi connectivity index (χ2v) is 5.32. The lowest BCUT2D eigenvalue weighted by atomic mass is 9.82. The van der Waals surface area contributed by atoms with E-state index in [0.717, 1.165) is 31.2 Å². The zero-order chi connectivity index (χ0) is 11.2. The van der Waals surface area contributed by atoms with Crippen LogP contribution < -0.4 is 10.2 Å². The fourth-order valence-corrected chi connectivity index (χ4v) is 3.31. The molecule has 0 bridgehead atoms. The second kappa shape index (κ2) is 3.64. The fraction of sp³-hybridized carbons (Fsp3) is 0.538. The molecule has 3 heteroatoms. The van der Waals surface area contributed by atoms with Crippen LogP contribution in [-0.4, -0.2) is 26.2 Å². The Balaban J connectivity index is 2.11. The minimum Gasteiger partial charge on any atom is -0.371 e. The molecule has 16 heavy (non-hydrogen) atoms. The molecule has 0 amide bonds. The van der Waals surface area contributed by atoms with Crippen LogP contribution in [0.4, 0.5) is 5.69 Å². The smallest absolute Gasteiger partial charge is 0.0410 e. The van der Waals surface area contributed by atoms with E-state index >= 15 is 0 Å². The summed E-state index contributed by atoms with van der Waals surface area (Å²) in [6, 6.07) is 6.35. The van der Waals surface area contributed by atoms with Crippen molar-refractivity contribution < 1.29 is 0 Å². The summed E-state index contributed by atoms with van der Waals surface area (Å²) >= 11 is 6.14. The number of hydrogen-bond donors (Lipinski definition) is 1. The normalized spacial score (nSPS) is 27.8. The number of anilines is 1. The van der Waals surface area contributed by atoms with Crippen molar-refractivity contribution in [3.63, 3.8) is 0 Å². The van der Waals surface area contributed by atoms with Crippen LogP contribution in [0.3, 0.4) is 0 Å². The van der Waals surface area contributed by atoms with Crippen LogP contribution in [0, 0.1) is 0 Å². The molecule has 2 heterocycles. The van der Waals surface area contributed by atoms with E-state index in [1.807, 2.05) is 6.07 Å². The lowest BCUT2D eigenvalue weighted by Crippen LogP contribution is -2.35. The third kappa shape index (κ3) is 1.36. The van der Waals surface area contributed by atoms with Gasteiger partial charge in [-0.3, -0.25) is 0 Å². The summed E-state index contributed by atoms with van der Waals surface area (Å²) in [5.41, 5.74) is 3.15. The molecule has 0 radical (unpaired) electrons. The van der Waals surface area contributed by atoms with Crippen molar-refractivity contribution in [1.29, 1.82) is 0 Å². The molecular formula is C13H17ClN2. The first-order valence-electron chi connectivity index (χ1n) is 6.01. The predicted octanol–water partition coefficient (Wildman–Crippen LogP) is 2.41. The highest BCUT2D eigenvalue weighted by Crippen LogP contribution is 2.45. The van der Waals surface area contributed by atoms with Gasteiger partial charge in [0.1, 0.15) is 0 Å². The molecule has 1 fully saturated rings. The van der Waals surface area contributed by atoms with Crippen molar-refractivity contribution in [3.05, 3.63) is 28.8 Å². The van der Waals surface area contributed by atoms with Gasteiger partial charge in [-0.05, 0) is 43.7 Å². The van der Waals surface area contributed by atoms with Crippen molar-refractivity contribution in [2.45, 2.75) is 18.8 Å². The predicted molar refractivity (Wildman–Crippen MR) is 68.5 cm³/mol. The Morgan fingerprint density at radius 3 is 3.06 bits per heavy atom. The number of rotatable bonds is 1. The van der Waals surface area contributed by atoms with E-state index in [9.17, 15) is 0 Å². The van der Waals surface area contributed by atoms with Gasteiger partial charge in [0.2, 0.25) is 0 Å². The first kappa shape index (κ1) is 10.4. The van der Waals surface area contributed by atoms with Gasteiger partial charge in [-0.1, -0.05) is 11.6 Å². The van der Waals surface area contributed by atoms with Crippen LogP contribution in [0.1, 0.15) is 18.9 Å². The summed E-state index contributed by atoms with van der Waals surface area (Å²) < 4.78 is 0. The Kier molecular flexibility index (Phi) is 2.37. The minimum atomic E-state index is 0.316. The Labute approximate surface area is 102 Å². The van der Waals surface area contributed by atoms with Gasteiger partial charge >= 0.3 is 0 Å². The monoisotopic (exact) mass is 236 g/mol. The molecule has 0 aromatic heterocycles. The van der Waals surface area contributed by atoms with Gasteiger partial charge in [0, 0.05) is 35.8 Å².